The van der Waals surface area contributed by atoms with Crippen molar-refractivity contribution in [3.05, 3.63) is 29.8 Å². The van der Waals surface area contributed by atoms with E-state index >= 15 is 0 Å². The summed E-state index contributed by atoms with van der Waals surface area (Å²) in [6.07, 6.45) is 0. The number of hydrogen-bond acceptors (Lipinski definition) is 3. The normalized spacial score (nSPS) is 11.9. The quantitative estimate of drug-likeness (QED) is 0.833. The number of anilines is 1. The lowest BCUT2D eigenvalue weighted by molar-refractivity contribution is 0.190. The Balaban J connectivity index is 2.45. The third-order valence-electron chi connectivity index (χ3n) is 3.55. The van der Waals surface area contributed by atoms with Gasteiger partial charge < -0.3 is 15.1 Å². The summed E-state index contributed by atoms with van der Waals surface area (Å²) >= 11 is 0. The van der Waals surface area contributed by atoms with E-state index in [4.69, 9.17) is 0 Å². The van der Waals surface area contributed by atoms with Crippen LogP contribution in [0.1, 0.15) is 19.4 Å². The van der Waals surface area contributed by atoms with Gasteiger partial charge in [0.15, 0.2) is 0 Å². The maximum atomic E-state index is 3.52. The van der Waals surface area contributed by atoms with Crippen LogP contribution in [-0.2, 0) is 6.54 Å². The fourth-order valence-corrected chi connectivity index (χ4v) is 1.58. The summed E-state index contributed by atoms with van der Waals surface area (Å²) in [7, 11) is 8.36. The summed E-state index contributed by atoms with van der Waals surface area (Å²) in [5, 5.41) is 3.52. The van der Waals surface area contributed by atoms with E-state index in [1.807, 2.05) is 0 Å². The lowest BCUT2D eigenvalue weighted by Gasteiger charge is -2.32. The van der Waals surface area contributed by atoms with Gasteiger partial charge in [0.2, 0.25) is 0 Å². The van der Waals surface area contributed by atoms with Crippen LogP contribution in [0.5, 0.6) is 0 Å². The number of nitrogens with one attached hydrogen (secondary N) is 1. The van der Waals surface area contributed by atoms with E-state index in [2.05, 4.69) is 81.4 Å². The molecule has 18 heavy (non-hydrogen) atoms. The summed E-state index contributed by atoms with van der Waals surface area (Å²) in [6.45, 7) is 6.39. The van der Waals surface area contributed by atoms with Gasteiger partial charge in [0.25, 0.3) is 0 Å². The monoisotopic (exact) mass is 249 g/mol. The highest BCUT2D eigenvalue weighted by molar-refractivity contribution is 5.45. The first-order valence-corrected chi connectivity index (χ1v) is 6.47. The Kier molecular flexibility index (Phi) is 5.17. The zero-order valence-electron chi connectivity index (χ0n) is 12.6. The van der Waals surface area contributed by atoms with Crippen molar-refractivity contribution in [2.45, 2.75) is 25.9 Å². The highest BCUT2D eigenvalue weighted by atomic mass is 15.2. The highest BCUT2D eigenvalue weighted by Crippen LogP contribution is 2.13. The van der Waals surface area contributed by atoms with Crippen molar-refractivity contribution in [2.75, 3.05) is 39.6 Å². The Morgan fingerprint density at radius 2 is 1.56 bits per heavy atom. The molecule has 3 heteroatoms. The van der Waals surface area contributed by atoms with Gasteiger partial charge in [-0.15, -0.1) is 0 Å². The summed E-state index contributed by atoms with van der Waals surface area (Å²) in [5.74, 6) is 0. The lowest BCUT2D eigenvalue weighted by Crippen LogP contribution is -2.46. The molecule has 0 unspecified atom stereocenters. The smallest absolute Gasteiger partial charge is 0.0361 e. The van der Waals surface area contributed by atoms with Gasteiger partial charge >= 0.3 is 0 Å². The van der Waals surface area contributed by atoms with Gasteiger partial charge in [-0.1, -0.05) is 12.1 Å². The summed E-state index contributed by atoms with van der Waals surface area (Å²) < 4.78 is 0. The van der Waals surface area contributed by atoms with Crippen molar-refractivity contribution in [2.24, 2.45) is 0 Å². The third kappa shape index (κ3) is 4.31. The van der Waals surface area contributed by atoms with Gasteiger partial charge in [-0.25, -0.2) is 0 Å². The molecule has 0 spiro atoms. The first kappa shape index (κ1) is 15.0. The molecule has 0 radical (unpaired) electrons. The van der Waals surface area contributed by atoms with Gasteiger partial charge in [0.1, 0.15) is 0 Å². The topological polar surface area (TPSA) is 18.5 Å². The zero-order chi connectivity index (χ0) is 13.8. The Labute approximate surface area is 112 Å². The molecule has 0 fully saturated rings. The van der Waals surface area contributed by atoms with E-state index in [0.717, 1.165) is 13.1 Å². The fourth-order valence-electron chi connectivity index (χ4n) is 1.58. The first-order valence-electron chi connectivity index (χ1n) is 6.47. The van der Waals surface area contributed by atoms with Crippen molar-refractivity contribution in [3.63, 3.8) is 0 Å². The Bertz CT molecular complexity index is 353. The molecular formula is C15H27N3. The average molecular weight is 249 g/mol. The molecule has 1 N–H and O–H groups in total. The molecule has 0 bridgehead atoms. The van der Waals surface area contributed by atoms with E-state index < -0.39 is 0 Å². The van der Waals surface area contributed by atoms with Crippen molar-refractivity contribution < 1.29 is 0 Å². The molecule has 0 aliphatic carbocycles. The number of benzene rings is 1. The largest absolute Gasteiger partial charge is 0.378 e. The standard InChI is InChI=1S/C15H27N3/c1-15(2,18(5)6)12-16-11-13-7-9-14(10-8-13)17(3)4/h7-10,16H,11-12H2,1-6H3. The van der Waals surface area contributed by atoms with Crippen LogP contribution in [0.15, 0.2) is 24.3 Å². The molecule has 0 saturated carbocycles. The molecule has 0 amide bonds. The predicted molar refractivity (Wildman–Crippen MR) is 80.2 cm³/mol. The molecule has 0 aromatic heterocycles. The lowest BCUT2D eigenvalue weighted by atomic mass is 10.0. The van der Waals surface area contributed by atoms with Gasteiger partial charge in [-0.05, 0) is 45.6 Å². The minimum absolute atomic E-state index is 0.184. The molecule has 1 rings (SSSR count). The number of hydrogen-bond donors (Lipinski definition) is 1. The fraction of sp³-hybridized carbons (Fsp3) is 0.600. The van der Waals surface area contributed by atoms with Crippen LogP contribution in [0, 0.1) is 0 Å². The van der Waals surface area contributed by atoms with E-state index in [0.29, 0.717) is 0 Å². The van der Waals surface area contributed by atoms with Crippen LogP contribution >= 0.6 is 0 Å². The van der Waals surface area contributed by atoms with Gasteiger partial charge in [0.05, 0.1) is 0 Å². The van der Waals surface area contributed by atoms with Crippen LogP contribution in [0.25, 0.3) is 0 Å². The molecule has 102 valence electrons. The second-order valence-corrected chi connectivity index (χ2v) is 5.87. The highest BCUT2D eigenvalue weighted by Gasteiger charge is 2.19. The Hall–Kier alpha value is -1.06. The van der Waals surface area contributed by atoms with Crippen molar-refractivity contribution in [3.8, 4) is 0 Å². The SMILES string of the molecule is CN(C)c1ccc(CNCC(C)(C)N(C)C)cc1. The Morgan fingerprint density at radius 3 is 2.00 bits per heavy atom. The van der Waals surface area contributed by atoms with Crippen molar-refractivity contribution >= 4 is 5.69 Å². The zero-order valence-corrected chi connectivity index (χ0v) is 12.6. The van der Waals surface area contributed by atoms with Crippen LogP contribution in [0.3, 0.4) is 0 Å². The number of nitrogens with zero attached hydrogens (tertiary/aromatic N) is 2. The predicted octanol–water partition coefficient (Wildman–Crippen LogP) is 2.18. The molecule has 0 aliphatic rings. The van der Waals surface area contributed by atoms with Crippen LogP contribution in [0.4, 0.5) is 5.69 Å². The maximum absolute atomic E-state index is 3.52. The maximum Gasteiger partial charge on any atom is 0.0361 e. The average Bonchev–Trinajstić information content (AvgIpc) is 2.29. The van der Waals surface area contributed by atoms with Crippen LogP contribution in [-0.4, -0.2) is 45.2 Å². The second kappa shape index (κ2) is 6.21. The molecule has 0 saturated heterocycles. The van der Waals surface area contributed by atoms with Crippen LogP contribution in [0.2, 0.25) is 0 Å². The number of likely N-dealkylation sites (N-methyl/N-ethyl adjacent to an activating group) is 1. The number of rotatable bonds is 6. The molecule has 0 heterocycles. The molecule has 1 aromatic carbocycles. The second-order valence-electron chi connectivity index (χ2n) is 5.87. The van der Waals surface area contributed by atoms with Gasteiger partial charge in [-0.3, -0.25) is 0 Å². The summed E-state index contributed by atoms with van der Waals surface area (Å²) in [4.78, 5) is 4.36. The van der Waals surface area contributed by atoms with E-state index in [1.54, 1.807) is 0 Å². The summed E-state index contributed by atoms with van der Waals surface area (Å²) in [6, 6.07) is 8.69. The summed E-state index contributed by atoms with van der Waals surface area (Å²) in [5.41, 5.74) is 2.76. The first-order chi connectivity index (χ1) is 8.33. The minimum Gasteiger partial charge on any atom is -0.378 e. The van der Waals surface area contributed by atoms with Gasteiger partial charge in [-0.2, -0.15) is 0 Å². The molecule has 0 aliphatic heterocycles. The van der Waals surface area contributed by atoms with E-state index in [-0.39, 0.29) is 5.54 Å². The van der Waals surface area contributed by atoms with E-state index in [1.165, 1.54) is 11.3 Å². The van der Waals surface area contributed by atoms with Crippen molar-refractivity contribution in [1.29, 1.82) is 0 Å². The molecule has 0 atom stereocenters. The third-order valence-corrected chi connectivity index (χ3v) is 3.55. The van der Waals surface area contributed by atoms with Crippen molar-refractivity contribution in [1.82, 2.24) is 10.2 Å². The minimum atomic E-state index is 0.184. The molecule has 1 aromatic rings. The van der Waals surface area contributed by atoms with Crippen LogP contribution < -0.4 is 10.2 Å². The van der Waals surface area contributed by atoms with Gasteiger partial charge in [0, 0.05) is 38.4 Å². The molecular weight excluding hydrogens is 222 g/mol. The Morgan fingerprint density at radius 1 is 1.00 bits per heavy atom. The molecule has 3 nitrogen and oxygen atoms in total. The van der Waals surface area contributed by atoms with E-state index in [9.17, 15) is 0 Å².